The van der Waals surface area contributed by atoms with Crippen LogP contribution in [0.3, 0.4) is 0 Å². The van der Waals surface area contributed by atoms with Gasteiger partial charge in [-0.3, -0.25) is 4.79 Å². The zero-order valence-electron chi connectivity index (χ0n) is 9.74. The summed E-state index contributed by atoms with van der Waals surface area (Å²) in [6.45, 7) is 0. The topological polar surface area (TPSA) is 65.0 Å². The Kier molecular flexibility index (Phi) is 4.62. The number of hydrogen-bond acceptors (Lipinski definition) is 4. The summed E-state index contributed by atoms with van der Waals surface area (Å²) in [5.41, 5.74) is 0.518. The van der Waals surface area contributed by atoms with Gasteiger partial charge in [0.25, 0.3) is 0 Å². The van der Waals surface area contributed by atoms with Crippen molar-refractivity contribution in [1.29, 1.82) is 0 Å². The van der Waals surface area contributed by atoms with E-state index < -0.39 is 5.97 Å². The molecule has 5 nitrogen and oxygen atoms in total. The number of benzene rings is 1. The molecule has 0 bridgehead atoms. The maximum Gasteiger partial charge on any atom is 0.307 e. The van der Waals surface area contributed by atoms with E-state index in [9.17, 15) is 4.79 Å². The molecule has 0 unspecified atom stereocenters. The van der Waals surface area contributed by atoms with Crippen molar-refractivity contribution in [3.8, 4) is 17.2 Å². The summed E-state index contributed by atoms with van der Waals surface area (Å²) in [6.07, 6.45) is -0.151. The second-order valence-electron chi connectivity index (χ2n) is 3.19. The highest BCUT2D eigenvalue weighted by atomic mass is 79.9. The van der Waals surface area contributed by atoms with Crippen LogP contribution in [0.25, 0.3) is 0 Å². The molecule has 94 valence electrons. The van der Waals surface area contributed by atoms with Crippen molar-refractivity contribution in [2.24, 2.45) is 0 Å². The Morgan fingerprint density at radius 1 is 1.24 bits per heavy atom. The van der Waals surface area contributed by atoms with Crippen LogP contribution in [0.1, 0.15) is 5.56 Å². The molecular formula is C11H13BrO5. The molecule has 0 aliphatic heterocycles. The highest BCUT2D eigenvalue weighted by Crippen LogP contribution is 2.44. The van der Waals surface area contributed by atoms with Crippen molar-refractivity contribution in [2.75, 3.05) is 21.3 Å². The van der Waals surface area contributed by atoms with Crippen LogP contribution in [0.2, 0.25) is 0 Å². The summed E-state index contributed by atoms with van der Waals surface area (Å²) in [5.74, 6) is 0.419. The van der Waals surface area contributed by atoms with Crippen LogP contribution in [0, 0.1) is 0 Å². The van der Waals surface area contributed by atoms with Gasteiger partial charge < -0.3 is 19.3 Å². The second kappa shape index (κ2) is 5.77. The molecule has 0 radical (unpaired) electrons. The fourth-order valence-electron chi connectivity index (χ4n) is 1.50. The van der Waals surface area contributed by atoms with Gasteiger partial charge in [-0.2, -0.15) is 0 Å². The van der Waals surface area contributed by atoms with Crippen LogP contribution in [0.5, 0.6) is 17.2 Å². The number of ether oxygens (including phenoxy) is 3. The summed E-state index contributed by atoms with van der Waals surface area (Å²) < 4.78 is 16.0. The van der Waals surface area contributed by atoms with Crippen molar-refractivity contribution in [3.63, 3.8) is 0 Å². The lowest BCUT2D eigenvalue weighted by Gasteiger charge is -2.15. The minimum Gasteiger partial charge on any atom is -0.495 e. The SMILES string of the molecule is COc1cc(CC(=O)O)c(OC)c(Br)c1OC. The van der Waals surface area contributed by atoms with Crippen LogP contribution in [-0.2, 0) is 11.2 Å². The molecule has 0 amide bonds. The van der Waals surface area contributed by atoms with Crippen molar-refractivity contribution in [2.45, 2.75) is 6.42 Å². The van der Waals surface area contributed by atoms with Gasteiger partial charge in [0, 0.05) is 5.56 Å². The standard InChI is InChI=1S/C11H13BrO5/c1-15-7-4-6(5-8(13)14)10(16-2)9(12)11(7)17-3/h4H,5H2,1-3H3,(H,13,14). The van der Waals surface area contributed by atoms with E-state index in [0.29, 0.717) is 27.3 Å². The van der Waals surface area contributed by atoms with E-state index in [0.717, 1.165) is 0 Å². The average Bonchev–Trinajstić information content (AvgIpc) is 2.28. The molecule has 0 saturated heterocycles. The molecule has 0 saturated carbocycles. The molecule has 6 heteroatoms. The van der Waals surface area contributed by atoms with Gasteiger partial charge in [0.05, 0.1) is 27.8 Å². The quantitative estimate of drug-likeness (QED) is 0.902. The summed E-state index contributed by atoms with van der Waals surface area (Å²) in [4.78, 5) is 10.8. The molecule has 0 atom stereocenters. The fraction of sp³-hybridized carbons (Fsp3) is 0.364. The molecule has 0 aliphatic carbocycles. The summed E-state index contributed by atoms with van der Waals surface area (Å²) >= 11 is 3.31. The van der Waals surface area contributed by atoms with Crippen LogP contribution in [0.4, 0.5) is 0 Å². The Balaban J connectivity index is 3.39. The van der Waals surface area contributed by atoms with E-state index in [1.807, 2.05) is 0 Å². The lowest BCUT2D eigenvalue weighted by molar-refractivity contribution is -0.136. The largest absolute Gasteiger partial charge is 0.495 e. The Bertz CT molecular complexity index is 430. The first-order valence-electron chi connectivity index (χ1n) is 4.74. The van der Waals surface area contributed by atoms with Crippen molar-refractivity contribution in [3.05, 3.63) is 16.1 Å². The van der Waals surface area contributed by atoms with Gasteiger partial charge in [-0.05, 0) is 22.0 Å². The van der Waals surface area contributed by atoms with E-state index in [4.69, 9.17) is 19.3 Å². The molecule has 17 heavy (non-hydrogen) atoms. The molecule has 0 fully saturated rings. The number of carboxylic acids is 1. The predicted octanol–water partition coefficient (Wildman–Crippen LogP) is 2.10. The monoisotopic (exact) mass is 304 g/mol. The number of halogens is 1. The zero-order valence-corrected chi connectivity index (χ0v) is 11.3. The highest BCUT2D eigenvalue weighted by Gasteiger charge is 2.19. The smallest absolute Gasteiger partial charge is 0.307 e. The zero-order chi connectivity index (χ0) is 13.0. The normalized spacial score (nSPS) is 9.88. The van der Waals surface area contributed by atoms with Crippen LogP contribution >= 0.6 is 15.9 Å². The van der Waals surface area contributed by atoms with E-state index in [1.54, 1.807) is 6.07 Å². The molecule has 1 rings (SSSR count). The van der Waals surface area contributed by atoms with E-state index in [2.05, 4.69) is 15.9 Å². The van der Waals surface area contributed by atoms with E-state index >= 15 is 0 Å². The molecule has 1 N–H and O–H groups in total. The second-order valence-corrected chi connectivity index (χ2v) is 3.98. The van der Waals surface area contributed by atoms with Crippen LogP contribution < -0.4 is 14.2 Å². The number of carbonyl (C=O) groups is 1. The van der Waals surface area contributed by atoms with E-state index in [1.165, 1.54) is 21.3 Å². The number of carboxylic acid groups (broad SMARTS) is 1. The summed E-state index contributed by atoms with van der Waals surface area (Å²) in [7, 11) is 4.46. The first kappa shape index (κ1) is 13.6. The van der Waals surface area contributed by atoms with Crippen molar-refractivity contribution >= 4 is 21.9 Å². The highest BCUT2D eigenvalue weighted by molar-refractivity contribution is 9.10. The van der Waals surface area contributed by atoms with Crippen LogP contribution in [-0.4, -0.2) is 32.4 Å². The number of aliphatic carboxylic acids is 1. The molecule has 0 spiro atoms. The molecule has 0 aliphatic rings. The summed E-state index contributed by atoms with van der Waals surface area (Å²) in [5, 5.41) is 8.82. The lowest BCUT2D eigenvalue weighted by Crippen LogP contribution is -2.04. The van der Waals surface area contributed by atoms with Gasteiger partial charge in [0.1, 0.15) is 10.2 Å². The molecule has 0 heterocycles. The van der Waals surface area contributed by atoms with Gasteiger partial charge >= 0.3 is 5.97 Å². The fourth-order valence-corrected chi connectivity index (χ4v) is 2.27. The number of rotatable bonds is 5. The van der Waals surface area contributed by atoms with E-state index in [-0.39, 0.29) is 6.42 Å². The van der Waals surface area contributed by atoms with Gasteiger partial charge in [-0.25, -0.2) is 0 Å². The first-order chi connectivity index (χ1) is 8.04. The third kappa shape index (κ3) is 2.82. The Morgan fingerprint density at radius 3 is 2.24 bits per heavy atom. The maximum atomic E-state index is 10.8. The molecule has 0 aromatic heterocycles. The van der Waals surface area contributed by atoms with Gasteiger partial charge in [0.15, 0.2) is 11.5 Å². The average molecular weight is 305 g/mol. The predicted molar refractivity (Wildman–Crippen MR) is 65.1 cm³/mol. The molecular weight excluding hydrogens is 292 g/mol. The molecule has 1 aromatic carbocycles. The van der Waals surface area contributed by atoms with Crippen LogP contribution in [0.15, 0.2) is 10.5 Å². The summed E-state index contributed by atoms with van der Waals surface area (Å²) in [6, 6.07) is 1.59. The lowest BCUT2D eigenvalue weighted by atomic mass is 10.1. The Morgan fingerprint density at radius 2 is 1.82 bits per heavy atom. The number of methoxy groups -OCH3 is 3. The third-order valence-electron chi connectivity index (χ3n) is 2.19. The first-order valence-corrected chi connectivity index (χ1v) is 5.53. The minimum atomic E-state index is -0.942. The maximum absolute atomic E-state index is 10.8. The molecule has 1 aromatic rings. The van der Waals surface area contributed by atoms with Gasteiger partial charge in [0.2, 0.25) is 0 Å². The van der Waals surface area contributed by atoms with Gasteiger partial charge in [-0.1, -0.05) is 0 Å². The van der Waals surface area contributed by atoms with Crippen molar-refractivity contribution in [1.82, 2.24) is 0 Å². The van der Waals surface area contributed by atoms with Crippen molar-refractivity contribution < 1.29 is 24.1 Å². The third-order valence-corrected chi connectivity index (χ3v) is 2.91. The van der Waals surface area contributed by atoms with Gasteiger partial charge in [-0.15, -0.1) is 0 Å². The minimum absolute atomic E-state index is 0.151. The number of hydrogen-bond donors (Lipinski definition) is 1. The Labute approximate surface area is 107 Å². The Hall–Kier alpha value is -1.43.